The number of thiophene rings is 1. The molecule has 2 aromatic rings. The van der Waals surface area contributed by atoms with Crippen molar-refractivity contribution in [3.05, 3.63) is 55.8 Å². The molecular formula is C13H11NO5S. The lowest BCUT2D eigenvalue weighted by molar-refractivity contribution is -0.385. The molecule has 0 aliphatic heterocycles. The van der Waals surface area contributed by atoms with E-state index >= 15 is 0 Å². The minimum atomic E-state index is -0.965. The molecule has 0 amide bonds. The molecule has 1 heterocycles. The number of benzene rings is 1. The molecular weight excluding hydrogens is 282 g/mol. The Hall–Kier alpha value is -2.41. The molecule has 0 fully saturated rings. The molecule has 0 unspecified atom stereocenters. The number of hydrogen-bond acceptors (Lipinski definition) is 5. The van der Waals surface area contributed by atoms with E-state index in [9.17, 15) is 14.9 Å². The number of aromatic carboxylic acids is 1. The second-order valence-electron chi connectivity index (χ2n) is 4.12. The molecule has 0 atom stereocenters. The minimum Gasteiger partial charge on any atom is -0.489 e. The Balaban J connectivity index is 2.05. The summed E-state index contributed by atoms with van der Waals surface area (Å²) in [7, 11) is 0. The van der Waals surface area contributed by atoms with Gasteiger partial charge in [0.05, 0.1) is 4.92 Å². The highest BCUT2D eigenvalue weighted by Crippen LogP contribution is 2.24. The molecule has 104 valence electrons. The van der Waals surface area contributed by atoms with Gasteiger partial charge in [0.15, 0.2) is 0 Å². The molecule has 0 saturated carbocycles. The zero-order chi connectivity index (χ0) is 14.7. The van der Waals surface area contributed by atoms with Crippen LogP contribution in [0.4, 0.5) is 5.69 Å². The van der Waals surface area contributed by atoms with E-state index in [2.05, 4.69) is 0 Å². The number of nitro benzene ring substituents is 1. The number of carboxylic acid groups (broad SMARTS) is 1. The van der Waals surface area contributed by atoms with Crippen LogP contribution in [0.2, 0.25) is 0 Å². The van der Waals surface area contributed by atoms with Crippen molar-refractivity contribution in [3.63, 3.8) is 0 Å². The fourth-order valence-corrected chi connectivity index (χ4v) is 2.39. The highest BCUT2D eigenvalue weighted by molar-refractivity contribution is 7.12. The summed E-state index contributed by atoms with van der Waals surface area (Å²) in [4.78, 5) is 21.2. The van der Waals surface area contributed by atoms with Gasteiger partial charge in [0.1, 0.15) is 17.2 Å². The molecule has 0 radical (unpaired) electrons. The number of aryl methyl sites for hydroxylation is 1. The van der Waals surface area contributed by atoms with Crippen molar-refractivity contribution < 1.29 is 19.6 Å². The van der Waals surface area contributed by atoms with Gasteiger partial charge in [-0.3, -0.25) is 10.1 Å². The molecule has 1 N–H and O–H groups in total. The van der Waals surface area contributed by atoms with Crippen LogP contribution < -0.4 is 4.74 Å². The number of nitro groups is 1. The minimum absolute atomic E-state index is 0.0426. The highest BCUT2D eigenvalue weighted by atomic mass is 32.1. The van der Waals surface area contributed by atoms with E-state index in [1.807, 2.05) is 0 Å². The lowest BCUT2D eigenvalue weighted by atomic mass is 10.2. The summed E-state index contributed by atoms with van der Waals surface area (Å²) in [6, 6.07) is 6.05. The number of carboxylic acids is 1. The molecule has 0 spiro atoms. The average molecular weight is 293 g/mol. The van der Waals surface area contributed by atoms with Gasteiger partial charge in [0.2, 0.25) is 0 Å². The Labute approximate surface area is 118 Å². The normalized spacial score (nSPS) is 10.2. The van der Waals surface area contributed by atoms with E-state index in [1.54, 1.807) is 24.4 Å². The van der Waals surface area contributed by atoms with E-state index in [0.29, 0.717) is 11.3 Å². The van der Waals surface area contributed by atoms with E-state index in [-0.39, 0.29) is 17.2 Å². The summed E-state index contributed by atoms with van der Waals surface area (Å²) in [5.74, 6) is -0.455. The van der Waals surface area contributed by atoms with Crippen molar-refractivity contribution >= 4 is 23.0 Å². The van der Waals surface area contributed by atoms with Crippen molar-refractivity contribution in [2.75, 3.05) is 0 Å². The molecule has 1 aromatic carbocycles. The predicted molar refractivity (Wildman–Crippen MR) is 73.4 cm³/mol. The molecule has 0 aliphatic rings. The fraction of sp³-hybridized carbons (Fsp3) is 0.154. The van der Waals surface area contributed by atoms with E-state index < -0.39 is 10.9 Å². The molecule has 0 aliphatic carbocycles. The van der Waals surface area contributed by atoms with Crippen LogP contribution in [0, 0.1) is 17.0 Å². The first-order valence-corrected chi connectivity index (χ1v) is 6.54. The zero-order valence-corrected chi connectivity index (χ0v) is 11.3. The first-order valence-electron chi connectivity index (χ1n) is 5.66. The first-order chi connectivity index (χ1) is 9.47. The highest BCUT2D eigenvalue weighted by Gasteiger charge is 2.11. The van der Waals surface area contributed by atoms with E-state index in [4.69, 9.17) is 9.84 Å². The van der Waals surface area contributed by atoms with Crippen LogP contribution in [-0.2, 0) is 6.61 Å². The Morgan fingerprint density at radius 2 is 2.20 bits per heavy atom. The third-order valence-electron chi connectivity index (χ3n) is 2.63. The predicted octanol–water partition coefficient (Wildman–Crippen LogP) is 3.24. The summed E-state index contributed by atoms with van der Waals surface area (Å²) >= 11 is 1.13. The van der Waals surface area contributed by atoms with Crippen molar-refractivity contribution in [3.8, 4) is 5.75 Å². The van der Waals surface area contributed by atoms with Gasteiger partial charge in [0.25, 0.3) is 5.69 Å². The molecule has 2 rings (SSSR count). The monoisotopic (exact) mass is 293 g/mol. The summed E-state index contributed by atoms with van der Waals surface area (Å²) in [6.45, 7) is 1.86. The third-order valence-corrected chi connectivity index (χ3v) is 3.60. The number of nitrogens with zero attached hydrogens (tertiary/aromatic N) is 1. The van der Waals surface area contributed by atoms with E-state index in [1.165, 1.54) is 12.1 Å². The Bertz CT molecular complexity index is 665. The molecule has 20 heavy (non-hydrogen) atoms. The summed E-state index contributed by atoms with van der Waals surface area (Å²) in [5.41, 5.74) is 1.31. The summed E-state index contributed by atoms with van der Waals surface area (Å²) < 4.78 is 5.49. The van der Waals surface area contributed by atoms with Crippen molar-refractivity contribution in [1.29, 1.82) is 0 Å². The summed E-state index contributed by atoms with van der Waals surface area (Å²) in [5, 5.41) is 21.2. The van der Waals surface area contributed by atoms with Gasteiger partial charge in [-0.1, -0.05) is 0 Å². The molecule has 0 saturated heterocycles. The number of hydrogen-bond donors (Lipinski definition) is 1. The van der Waals surface area contributed by atoms with Crippen molar-refractivity contribution in [2.24, 2.45) is 0 Å². The van der Waals surface area contributed by atoms with Gasteiger partial charge in [-0.05, 0) is 30.5 Å². The van der Waals surface area contributed by atoms with Crippen LogP contribution in [0.3, 0.4) is 0 Å². The Kier molecular flexibility index (Phi) is 3.99. The third kappa shape index (κ3) is 3.12. The average Bonchev–Trinajstić information content (AvgIpc) is 2.85. The topological polar surface area (TPSA) is 89.7 Å². The number of ether oxygens (including phenoxy) is 1. The molecule has 1 aromatic heterocycles. The maximum absolute atomic E-state index is 10.7. The number of carbonyl (C=O) groups is 1. The van der Waals surface area contributed by atoms with Crippen LogP contribution in [-0.4, -0.2) is 16.0 Å². The lowest BCUT2D eigenvalue weighted by Gasteiger charge is -2.05. The van der Waals surface area contributed by atoms with Crippen LogP contribution in [0.25, 0.3) is 0 Å². The molecule has 7 heteroatoms. The van der Waals surface area contributed by atoms with E-state index in [0.717, 1.165) is 16.9 Å². The van der Waals surface area contributed by atoms with Gasteiger partial charge in [-0.25, -0.2) is 4.79 Å². The fourth-order valence-electron chi connectivity index (χ4n) is 1.65. The maximum atomic E-state index is 10.7. The summed E-state index contributed by atoms with van der Waals surface area (Å²) in [6.07, 6.45) is 0. The number of rotatable bonds is 5. The van der Waals surface area contributed by atoms with Gasteiger partial charge < -0.3 is 9.84 Å². The largest absolute Gasteiger partial charge is 0.489 e. The Morgan fingerprint density at radius 1 is 1.45 bits per heavy atom. The Morgan fingerprint density at radius 3 is 2.75 bits per heavy atom. The lowest BCUT2D eigenvalue weighted by Crippen LogP contribution is -1.97. The van der Waals surface area contributed by atoms with Crippen molar-refractivity contribution in [1.82, 2.24) is 0 Å². The second kappa shape index (κ2) is 5.70. The molecule has 0 bridgehead atoms. The first kappa shape index (κ1) is 14.0. The zero-order valence-electron chi connectivity index (χ0n) is 10.5. The maximum Gasteiger partial charge on any atom is 0.345 e. The van der Waals surface area contributed by atoms with Gasteiger partial charge in [0, 0.05) is 17.2 Å². The SMILES string of the molecule is Cc1cc(OCc2csc(C(=O)O)c2)ccc1[N+](=O)[O-]. The smallest absolute Gasteiger partial charge is 0.345 e. The van der Waals surface area contributed by atoms with Crippen LogP contribution >= 0.6 is 11.3 Å². The van der Waals surface area contributed by atoms with Crippen LogP contribution in [0.5, 0.6) is 5.75 Å². The standard InChI is InChI=1S/C13H11NO5S/c1-8-4-10(2-3-11(8)14(17)18)19-6-9-5-12(13(15)16)20-7-9/h2-5,7H,6H2,1H3,(H,15,16). The van der Waals surface area contributed by atoms with Crippen molar-refractivity contribution in [2.45, 2.75) is 13.5 Å². The van der Waals surface area contributed by atoms with Gasteiger partial charge in [-0.15, -0.1) is 11.3 Å². The quantitative estimate of drug-likeness (QED) is 0.675. The molecule has 6 nitrogen and oxygen atoms in total. The van der Waals surface area contributed by atoms with Gasteiger partial charge >= 0.3 is 5.97 Å². The van der Waals surface area contributed by atoms with Crippen LogP contribution in [0.15, 0.2) is 29.6 Å². The van der Waals surface area contributed by atoms with Gasteiger partial charge in [-0.2, -0.15) is 0 Å². The van der Waals surface area contributed by atoms with Crippen LogP contribution in [0.1, 0.15) is 20.8 Å². The second-order valence-corrected chi connectivity index (χ2v) is 5.03.